The highest BCUT2D eigenvalue weighted by Gasteiger charge is 2.43. The van der Waals surface area contributed by atoms with Gasteiger partial charge in [-0.15, -0.1) is 0 Å². The first-order valence-electron chi connectivity index (χ1n) is 9.17. The number of halogens is 4. The van der Waals surface area contributed by atoms with Gasteiger partial charge in [0.25, 0.3) is 16.0 Å². The molecule has 0 aromatic heterocycles. The predicted octanol–water partition coefficient (Wildman–Crippen LogP) is 4.21. The summed E-state index contributed by atoms with van der Waals surface area (Å²) in [4.78, 5) is 25.4. The molecule has 0 spiro atoms. The second kappa shape index (κ2) is 9.65. The zero-order chi connectivity index (χ0) is 24.4. The molecule has 1 amide bonds. The first-order valence-corrected chi connectivity index (χ1v) is 11.9. The quantitative estimate of drug-likeness (QED) is 0.192. The van der Waals surface area contributed by atoms with Gasteiger partial charge in [-0.1, -0.05) is 36.4 Å². The number of ether oxygens (including phenoxy) is 1. The van der Waals surface area contributed by atoms with Crippen LogP contribution in [0.15, 0.2) is 60.7 Å². The number of carbonyl (C=O) groups is 2. The van der Waals surface area contributed by atoms with Gasteiger partial charge in [-0.2, -0.15) is 21.6 Å². The Morgan fingerprint density at radius 2 is 1.70 bits per heavy atom. The molecule has 0 fully saturated rings. The minimum absolute atomic E-state index is 0.179. The molecule has 7 nitrogen and oxygen atoms in total. The average molecular weight is 593 g/mol. The second-order valence-corrected chi connectivity index (χ2v) is 9.62. The van der Waals surface area contributed by atoms with E-state index in [9.17, 15) is 31.2 Å². The lowest BCUT2D eigenvalue weighted by atomic mass is 10.0. The van der Waals surface area contributed by atoms with E-state index in [4.69, 9.17) is 9.29 Å². The van der Waals surface area contributed by atoms with Gasteiger partial charge in [-0.05, 0) is 57.6 Å². The number of esters is 1. The van der Waals surface area contributed by atoms with Gasteiger partial charge >= 0.3 is 12.1 Å². The molecule has 0 saturated carbocycles. The minimum atomic E-state index is -5.16. The molecule has 3 aromatic rings. The Hall–Kier alpha value is -2.71. The Bertz CT molecular complexity index is 1320. The van der Waals surface area contributed by atoms with E-state index in [1.54, 1.807) is 36.4 Å². The molecule has 0 aliphatic carbocycles. The molecule has 0 aliphatic rings. The summed E-state index contributed by atoms with van der Waals surface area (Å²) in [7, 11) is -5.05. The number of benzene rings is 3. The molecule has 33 heavy (non-hydrogen) atoms. The van der Waals surface area contributed by atoms with E-state index in [-0.39, 0.29) is 11.3 Å². The number of fused-ring (bicyclic) bond motifs is 1. The third kappa shape index (κ3) is 6.42. The third-order valence-corrected chi connectivity index (χ3v) is 5.90. The molecule has 3 aromatic carbocycles. The molecular weight excluding hydrogens is 578 g/mol. The highest BCUT2D eigenvalue weighted by atomic mass is 127. The molecule has 2 N–H and O–H groups in total. The van der Waals surface area contributed by atoms with Crippen LogP contribution in [-0.4, -0.2) is 42.8 Å². The first kappa shape index (κ1) is 24.9. The molecular formula is C21H15F3INO6S. The molecule has 1 unspecified atom stereocenters. The molecule has 12 heteroatoms. The molecule has 0 radical (unpaired) electrons. The lowest BCUT2D eigenvalue weighted by Gasteiger charge is -2.21. The lowest BCUT2D eigenvalue weighted by molar-refractivity contribution is -0.148. The largest absolute Gasteiger partial charge is 0.422 e. The number of carbonyl (C=O) groups excluding carboxylic acids is 2. The van der Waals surface area contributed by atoms with Crippen molar-refractivity contribution in [2.75, 3.05) is 5.75 Å². The number of amides is 1. The smallest absolute Gasteiger partial charge is 0.409 e. The summed E-state index contributed by atoms with van der Waals surface area (Å²) in [6.45, 7) is 0. The van der Waals surface area contributed by atoms with Crippen molar-refractivity contribution in [1.29, 1.82) is 0 Å². The van der Waals surface area contributed by atoms with Crippen molar-refractivity contribution in [1.82, 2.24) is 5.32 Å². The summed E-state index contributed by atoms with van der Waals surface area (Å²) in [6.07, 6.45) is -5.16. The fourth-order valence-corrected chi connectivity index (χ4v) is 4.15. The number of hydrogen-bond donors (Lipinski definition) is 2. The van der Waals surface area contributed by atoms with Gasteiger partial charge in [0.05, 0.1) is 11.1 Å². The number of nitrogens with one attached hydrogen (secondary N) is 1. The molecule has 0 bridgehead atoms. The van der Waals surface area contributed by atoms with Gasteiger partial charge in [0.2, 0.25) is 0 Å². The van der Waals surface area contributed by atoms with E-state index < -0.39 is 45.5 Å². The van der Waals surface area contributed by atoms with Crippen molar-refractivity contribution in [3.63, 3.8) is 0 Å². The van der Waals surface area contributed by atoms with Crippen LogP contribution in [-0.2, 0) is 10.1 Å². The maximum absolute atomic E-state index is 13.2. The Morgan fingerprint density at radius 3 is 2.36 bits per heavy atom. The topological polar surface area (TPSA) is 110 Å². The highest BCUT2D eigenvalue weighted by Crippen LogP contribution is 2.27. The van der Waals surface area contributed by atoms with E-state index in [1.807, 2.05) is 22.6 Å². The Morgan fingerprint density at radius 1 is 1.03 bits per heavy atom. The Balaban J connectivity index is 1.93. The van der Waals surface area contributed by atoms with E-state index >= 15 is 0 Å². The molecule has 174 valence electrons. The van der Waals surface area contributed by atoms with Crippen molar-refractivity contribution < 1.29 is 40.5 Å². The van der Waals surface area contributed by atoms with Gasteiger partial charge in [0.1, 0.15) is 17.5 Å². The summed E-state index contributed by atoms with van der Waals surface area (Å²) >= 11 is 1.86. The fourth-order valence-electron chi connectivity index (χ4n) is 2.99. The Kier molecular flexibility index (Phi) is 7.29. The summed E-state index contributed by atoms with van der Waals surface area (Å²) in [5.41, 5.74) is -0.244. The zero-order valence-corrected chi connectivity index (χ0v) is 19.4. The summed E-state index contributed by atoms with van der Waals surface area (Å²) in [5.74, 6) is -4.26. The first-order chi connectivity index (χ1) is 15.3. The Labute approximate surface area is 199 Å². The van der Waals surface area contributed by atoms with Crippen LogP contribution in [0.5, 0.6) is 5.75 Å². The van der Waals surface area contributed by atoms with Crippen molar-refractivity contribution in [3.05, 3.63) is 75.4 Å². The van der Waals surface area contributed by atoms with Crippen LogP contribution in [0.3, 0.4) is 0 Å². The summed E-state index contributed by atoms with van der Waals surface area (Å²) in [5, 5.41) is 2.87. The number of rotatable bonds is 6. The molecule has 3 rings (SSSR count). The van der Waals surface area contributed by atoms with E-state index in [0.29, 0.717) is 8.96 Å². The van der Waals surface area contributed by atoms with Crippen molar-refractivity contribution >= 4 is 55.4 Å². The van der Waals surface area contributed by atoms with Gasteiger partial charge < -0.3 is 10.1 Å². The van der Waals surface area contributed by atoms with Crippen LogP contribution >= 0.6 is 22.6 Å². The standard InChI is InChI=1S/C21H15F3INO6S/c22-21(23,24)18(11-33(29,30)31)26-19(27)16-9-8-13(25)10-17(16)32-20(28)15-7-3-5-12-4-1-2-6-14(12)15/h1-10,18H,11H2,(H,26,27)(H,29,30,31). The van der Waals surface area contributed by atoms with Crippen molar-refractivity contribution in [3.8, 4) is 5.75 Å². The van der Waals surface area contributed by atoms with Crippen molar-refractivity contribution in [2.45, 2.75) is 12.2 Å². The lowest BCUT2D eigenvalue weighted by Crippen LogP contribution is -2.49. The monoisotopic (exact) mass is 593 g/mol. The van der Waals surface area contributed by atoms with Gasteiger partial charge in [0.15, 0.2) is 0 Å². The van der Waals surface area contributed by atoms with E-state index in [1.165, 1.54) is 23.5 Å². The fraction of sp³-hybridized carbons (Fsp3) is 0.143. The number of hydrogen-bond acceptors (Lipinski definition) is 5. The van der Waals surface area contributed by atoms with E-state index in [0.717, 1.165) is 11.5 Å². The van der Waals surface area contributed by atoms with Crippen LogP contribution in [0.1, 0.15) is 20.7 Å². The van der Waals surface area contributed by atoms with Crippen LogP contribution in [0, 0.1) is 3.57 Å². The van der Waals surface area contributed by atoms with Crippen LogP contribution in [0.4, 0.5) is 13.2 Å². The molecule has 1 atom stereocenters. The maximum Gasteiger partial charge on any atom is 0.409 e. The van der Waals surface area contributed by atoms with Gasteiger partial charge in [-0.25, -0.2) is 4.79 Å². The maximum atomic E-state index is 13.2. The normalized spacial score (nSPS) is 12.9. The molecule has 0 aliphatic heterocycles. The number of alkyl halides is 3. The third-order valence-electron chi connectivity index (χ3n) is 4.48. The van der Waals surface area contributed by atoms with E-state index in [2.05, 4.69) is 0 Å². The SMILES string of the molecule is O=C(NC(CS(=O)(=O)O)C(F)(F)F)c1ccc(I)cc1OC(=O)c1cccc2ccccc12. The second-order valence-electron chi connectivity index (χ2n) is 6.87. The predicted molar refractivity (Wildman–Crippen MR) is 122 cm³/mol. The highest BCUT2D eigenvalue weighted by molar-refractivity contribution is 14.1. The van der Waals surface area contributed by atoms with Gasteiger partial charge in [0, 0.05) is 3.57 Å². The minimum Gasteiger partial charge on any atom is -0.422 e. The molecule has 0 heterocycles. The van der Waals surface area contributed by atoms with Crippen molar-refractivity contribution in [2.24, 2.45) is 0 Å². The van der Waals surface area contributed by atoms with Crippen LogP contribution < -0.4 is 10.1 Å². The van der Waals surface area contributed by atoms with Gasteiger partial charge in [-0.3, -0.25) is 9.35 Å². The van der Waals surface area contributed by atoms with Crippen LogP contribution in [0.2, 0.25) is 0 Å². The van der Waals surface area contributed by atoms with Crippen LogP contribution in [0.25, 0.3) is 10.8 Å². The summed E-state index contributed by atoms with van der Waals surface area (Å²) < 4.78 is 76.2. The molecule has 0 saturated heterocycles. The summed E-state index contributed by atoms with van der Waals surface area (Å²) in [6, 6.07) is 12.8. The average Bonchev–Trinajstić information content (AvgIpc) is 2.71. The zero-order valence-electron chi connectivity index (χ0n) is 16.5.